The molecule has 122 valence electrons. The molecule has 0 saturated carbocycles. The lowest BCUT2D eigenvalue weighted by Gasteiger charge is -2.27. The summed E-state index contributed by atoms with van der Waals surface area (Å²) in [5.74, 6) is 0. The Bertz CT molecular complexity index is 180. The number of rotatable bonds is 15. The molecule has 0 unspecified atom stereocenters. The van der Waals surface area contributed by atoms with Crippen molar-refractivity contribution < 1.29 is 10.1 Å². The van der Waals surface area contributed by atoms with E-state index >= 15 is 0 Å². The predicted molar refractivity (Wildman–Crippen MR) is 88.1 cm³/mol. The van der Waals surface area contributed by atoms with E-state index in [0.717, 1.165) is 19.3 Å². The van der Waals surface area contributed by atoms with Gasteiger partial charge in [0, 0.05) is 0 Å². The first-order valence-corrected chi connectivity index (χ1v) is 9.07. The molecule has 0 heterocycles. The van der Waals surface area contributed by atoms with Crippen molar-refractivity contribution in [3.8, 4) is 0 Å². The topological polar surface area (TPSA) is 29.5 Å². The molecular weight excluding hydrogens is 248 g/mol. The molecule has 0 aliphatic carbocycles. The fourth-order valence-electron chi connectivity index (χ4n) is 2.89. The third kappa shape index (κ3) is 9.77. The lowest BCUT2D eigenvalue weighted by atomic mass is 9.90. The third-order valence-corrected chi connectivity index (χ3v) is 4.72. The Morgan fingerprint density at radius 2 is 1.05 bits per heavy atom. The Morgan fingerprint density at radius 1 is 0.650 bits per heavy atom. The van der Waals surface area contributed by atoms with Gasteiger partial charge < -0.3 is 0 Å². The highest BCUT2D eigenvalue weighted by molar-refractivity contribution is 4.75. The average Bonchev–Trinajstić information content (AvgIpc) is 2.49. The first-order valence-electron chi connectivity index (χ1n) is 9.07. The Morgan fingerprint density at radius 3 is 1.40 bits per heavy atom. The van der Waals surface area contributed by atoms with Gasteiger partial charge >= 0.3 is 0 Å². The zero-order chi connectivity index (χ0) is 15.1. The molecule has 0 aromatic heterocycles. The Hall–Kier alpha value is -0.0800. The van der Waals surface area contributed by atoms with Crippen molar-refractivity contribution in [2.45, 2.75) is 116 Å². The summed E-state index contributed by atoms with van der Waals surface area (Å²) in [6, 6.07) is 0. The van der Waals surface area contributed by atoms with Crippen LogP contribution in [-0.2, 0) is 4.89 Å². The second-order valence-corrected chi connectivity index (χ2v) is 6.27. The van der Waals surface area contributed by atoms with Gasteiger partial charge in [-0.25, -0.2) is 4.89 Å². The van der Waals surface area contributed by atoms with Gasteiger partial charge in [0.05, 0.1) is 0 Å². The van der Waals surface area contributed by atoms with Crippen LogP contribution in [0, 0.1) is 0 Å². The van der Waals surface area contributed by atoms with Crippen molar-refractivity contribution in [3.63, 3.8) is 0 Å². The molecule has 1 N–H and O–H groups in total. The summed E-state index contributed by atoms with van der Waals surface area (Å²) in [7, 11) is 0. The van der Waals surface area contributed by atoms with Gasteiger partial charge in [-0.2, -0.15) is 0 Å². The van der Waals surface area contributed by atoms with E-state index in [1.54, 1.807) is 0 Å². The van der Waals surface area contributed by atoms with Crippen LogP contribution in [0.5, 0.6) is 0 Å². The largest absolute Gasteiger partial charge is 0.251 e. The van der Waals surface area contributed by atoms with Crippen molar-refractivity contribution in [1.29, 1.82) is 0 Å². The lowest BCUT2D eigenvalue weighted by molar-refractivity contribution is -0.327. The quantitative estimate of drug-likeness (QED) is 0.205. The van der Waals surface area contributed by atoms with Gasteiger partial charge in [-0.15, -0.1) is 0 Å². The van der Waals surface area contributed by atoms with E-state index < -0.39 is 0 Å². The molecule has 0 aliphatic rings. The zero-order valence-electron chi connectivity index (χ0n) is 14.3. The highest BCUT2D eigenvalue weighted by atomic mass is 17.1. The van der Waals surface area contributed by atoms with Gasteiger partial charge in [0.2, 0.25) is 0 Å². The van der Waals surface area contributed by atoms with E-state index in [2.05, 4.69) is 20.8 Å². The van der Waals surface area contributed by atoms with Crippen LogP contribution in [-0.4, -0.2) is 10.9 Å². The fraction of sp³-hybridized carbons (Fsp3) is 1.00. The number of hydrogen-bond acceptors (Lipinski definition) is 2. The monoisotopic (exact) mass is 286 g/mol. The van der Waals surface area contributed by atoms with Crippen molar-refractivity contribution in [1.82, 2.24) is 0 Å². The van der Waals surface area contributed by atoms with E-state index in [-0.39, 0.29) is 5.60 Å². The second-order valence-electron chi connectivity index (χ2n) is 6.27. The minimum atomic E-state index is -0.278. The Labute approximate surface area is 127 Å². The van der Waals surface area contributed by atoms with Crippen LogP contribution in [0.1, 0.15) is 111 Å². The first kappa shape index (κ1) is 19.9. The Kier molecular flexibility index (Phi) is 13.8. The smallest absolute Gasteiger partial charge is 0.103 e. The second kappa shape index (κ2) is 13.9. The maximum Gasteiger partial charge on any atom is 0.103 e. The van der Waals surface area contributed by atoms with Crippen LogP contribution < -0.4 is 0 Å². The molecule has 0 bridgehead atoms. The molecule has 0 spiro atoms. The van der Waals surface area contributed by atoms with Crippen LogP contribution in [0.3, 0.4) is 0 Å². The maximum atomic E-state index is 9.04. The van der Waals surface area contributed by atoms with E-state index in [1.165, 1.54) is 70.6 Å². The molecule has 0 atom stereocenters. The predicted octanol–water partition coefficient (Wildman–Crippen LogP) is 6.74. The highest BCUT2D eigenvalue weighted by Gasteiger charge is 2.26. The minimum absolute atomic E-state index is 0.278. The zero-order valence-corrected chi connectivity index (χ0v) is 14.3. The molecule has 2 nitrogen and oxygen atoms in total. The molecule has 0 aliphatic heterocycles. The van der Waals surface area contributed by atoms with Crippen LogP contribution >= 0.6 is 0 Å². The van der Waals surface area contributed by atoms with E-state index in [1.807, 2.05) is 0 Å². The lowest BCUT2D eigenvalue weighted by Crippen LogP contribution is -2.29. The first-order chi connectivity index (χ1) is 9.74. The molecule has 0 rings (SSSR count). The highest BCUT2D eigenvalue weighted by Crippen LogP contribution is 2.26. The van der Waals surface area contributed by atoms with E-state index in [0.29, 0.717) is 0 Å². The SMILES string of the molecule is CCCCCCCCCCCCCC(CC)(CC)OO. The van der Waals surface area contributed by atoms with Crippen molar-refractivity contribution in [2.24, 2.45) is 0 Å². The van der Waals surface area contributed by atoms with E-state index in [4.69, 9.17) is 10.1 Å². The van der Waals surface area contributed by atoms with Gasteiger partial charge in [-0.1, -0.05) is 91.4 Å². The summed E-state index contributed by atoms with van der Waals surface area (Å²) in [6.45, 7) is 6.46. The molecule has 0 fully saturated rings. The maximum absolute atomic E-state index is 9.04. The third-order valence-electron chi connectivity index (χ3n) is 4.72. The van der Waals surface area contributed by atoms with E-state index in [9.17, 15) is 0 Å². The van der Waals surface area contributed by atoms with Crippen LogP contribution in [0.15, 0.2) is 0 Å². The van der Waals surface area contributed by atoms with Gasteiger partial charge in [-0.3, -0.25) is 5.26 Å². The molecule has 0 aromatic rings. The van der Waals surface area contributed by atoms with Crippen LogP contribution in [0.2, 0.25) is 0 Å². The summed E-state index contributed by atoms with van der Waals surface area (Å²) in [5, 5.41) is 9.04. The van der Waals surface area contributed by atoms with Crippen molar-refractivity contribution >= 4 is 0 Å². The van der Waals surface area contributed by atoms with Crippen molar-refractivity contribution in [3.05, 3.63) is 0 Å². The molecule has 0 radical (unpaired) electrons. The van der Waals surface area contributed by atoms with Crippen LogP contribution in [0.4, 0.5) is 0 Å². The normalized spacial score (nSPS) is 12.0. The summed E-state index contributed by atoms with van der Waals surface area (Å²) < 4.78 is 0. The van der Waals surface area contributed by atoms with Crippen molar-refractivity contribution in [2.75, 3.05) is 0 Å². The summed E-state index contributed by atoms with van der Waals surface area (Å²) in [4.78, 5) is 4.73. The Balaban J connectivity index is 3.32. The van der Waals surface area contributed by atoms with Crippen LogP contribution in [0.25, 0.3) is 0 Å². The van der Waals surface area contributed by atoms with Gasteiger partial charge in [0.1, 0.15) is 5.60 Å². The molecule has 0 saturated heterocycles. The average molecular weight is 286 g/mol. The molecule has 2 heteroatoms. The summed E-state index contributed by atoms with van der Waals surface area (Å²) >= 11 is 0. The van der Waals surface area contributed by atoms with Gasteiger partial charge in [0.15, 0.2) is 0 Å². The summed E-state index contributed by atoms with van der Waals surface area (Å²) in [6.07, 6.45) is 17.8. The minimum Gasteiger partial charge on any atom is -0.251 e. The van der Waals surface area contributed by atoms with Gasteiger partial charge in [0.25, 0.3) is 0 Å². The number of hydrogen-bond donors (Lipinski definition) is 1. The number of unbranched alkanes of at least 4 members (excludes halogenated alkanes) is 10. The fourth-order valence-corrected chi connectivity index (χ4v) is 2.89. The molecule has 0 amide bonds. The molecule has 20 heavy (non-hydrogen) atoms. The molecular formula is C18H38O2. The standard InChI is InChI=1S/C18H38O2/c1-4-7-8-9-10-11-12-13-14-15-16-17-18(5-2,6-3)20-19/h19H,4-17H2,1-3H3. The molecule has 0 aromatic carbocycles. The van der Waals surface area contributed by atoms with Gasteiger partial charge in [-0.05, 0) is 19.3 Å². The summed E-state index contributed by atoms with van der Waals surface area (Å²) in [5.41, 5.74) is -0.278.